The molecule has 1 amide bonds. The summed E-state index contributed by atoms with van der Waals surface area (Å²) in [4.78, 5) is 99.5. The van der Waals surface area contributed by atoms with Crippen LogP contribution in [0.15, 0.2) is 71.8 Å². The molecule has 3 fully saturated rings. The second-order valence-electron chi connectivity index (χ2n) is 19.9. The molecular weight excluding hydrogens is 1120 g/mol. The largest absolute Gasteiger partial charge is 0.509 e. The topological polar surface area (TPSA) is 275 Å². The number of ketones is 1. The average Bonchev–Trinajstić information content (AvgIpc) is 3.32. The van der Waals surface area contributed by atoms with Gasteiger partial charge in [-0.2, -0.15) is 0 Å². The molecular formula is C49H55Cl6NO19. The molecule has 412 valence electrons. The van der Waals surface area contributed by atoms with Crippen molar-refractivity contribution in [2.24, 2.45) is 16.7 Å². The predicted octanol–water partition coefficient (Wildman–Crippen LogP) is 7.29. The lowest BCUT2D eigenvalue weighted by atomic mass is 9.44. The quantitative estimate of drug-likeness (QED) is 0.0625. The van der Waals surface area contributed by atoms with Gasteiger partial charge in [0.15, 0.2) is 23.6 Å². The van der Waals surface area contributed by atoms with Crippen molar-refractivity contribution in [2.45, 2.75) is 128 Å². The van der Waals surface area contributed by atoms with E-state index in [-0.39, 0.29) is 22.3 Å². The van der Waals surface area contributed by atoms with Gasteiger partial charge in [0.1, 0.15) is 48.8 Å². The van der Waals surface area contributed by atoms with Crippen LogP contribution in [0.3, 0.4) is 0 Å². The van der Waals surface area contributed by atoms with Crippen LogP contribution in [0.5, 0.6) is 0 Å². The number of nitrogens with one attached hydrogen (secondary N) is 1. The number of Topliss-reactive ketones (excluding diaryl/α,β-unsaturated/α-hetero) is 1. The van der Waals surface area contributed by atoms with E-state index in [4.69, 9.17) is 112 Å². The van der Waals surface area contributed by atoms with E-state index in [0.29, 0.717) is 0 Å². The SMILES string of the molecule is CC(=O)OC12CO[C@@H]1C[C@H](OC(=O)OCC(Cl)(Cl)Cl)[C@@]1(C)C(=O)[C@H](OC(=O)OCC(Cl)(Cl)Cl)C3=C(C)[C@H](OC(=O)[C@@H](O)[C@@H](NC(=O)OC(C)(C)CO)c4ccccc4)C[C@@](O)([C@H](OC(=O)c4ccccc4)[C@H]21)C3(C)C. The number of amides is 1. The molecule has 4 N–H and O–H groups in total. The minimum absolute atomic E-state index is 0.0667. The van der Waals surface area contributed by atoms with Crippen molar-refractivity contribution in [1.82, 2.24) is 5.32 Å². The Morgan fingerprint density at radius 1 is 0.840 bits per heavy atom. The van der Waals surface area contributed by atoms with Crippen molar-refractivity contribution in [3.05, 3.63) is 82.9 Å². The van der Waals surface area contributed by atoms with Gasteiger partial charge in [-0.3, -0.25) is 9.59 Å². The number of aliphatic hydroxyl groups is 3. The highest BCUT2D eigenvalue weighted by Crippen LogP contribution is 2.65. The van der Waals surface area contributed by atoms with Crippen LogP contribution >= 0.6 is 69.6 Å². The molecule has 2 bridgehead atoms. The number of esters is 3. The van der Waals surface area contributed by atoms with Crippen LogP contribution in [0, 0.1) is 16.7 Å². The maximum absolute atomic E-state index is 16.3. The minimum atomic E-state index is -2.68. The summed E-state index contributed by atoms with van der Waals surface area (Å²) in [5.74, 6) is -6.49. The molecule has 1 heterocycles. The molecule has 2 saturated carbocycles. The van der Waals surface area contributed by atoms with E-state index in [9.17, 15) is 44.1 Å². The summed E-state index contributed by atoms with van der Waals surface area (Å²) in [5, 5.41) is 38.1. The molecule has 2 aromatic carbocycles. The van der Waals surface area contributed by atoms with E-state index in [0.717, 1.165) is 6.92 Å². The highest BCUT2D eigenvalue weighted by atomic mass is 35.6. The van der Waals surface area contributed by atoms with E-state index in [1.165, 1.54) is 77.9 Å². The Bertz CT molecular complexity index is 2540. The van der Waals surface area contributed by atoms with Gasteiger partial charge in [0.25, 0.3) is 0 Å². The Kier molecular flexibility index (Phi) is 18.0. The number of alkyl halides is 6. The number of carbonyl (C=O) groups is 7. The van der Waals surface area contributed by atoms with Crippen molar-refractivity contribution in [2.75, 3.05) is 26.4 Å². The number of carbonyl (C=O) groups excluding carboxylic acids is 7. The van der Waals surface area contributed by atoms with Gasteiger partial charge in [0.2, 0.25) is 7.59 Å². The summed E-state index contributed by atoms with van der Waals surface area (Å²) in [6.45, 7) is 6.42. The maximum Gasteiger partial charge on any atom is 0.509 e. The second kappa shape index (κ2) is 22.6. The highest BCUT2D eigenvalue weighted by Gasteiger charge is 2.79. The molecule has 11 atom stereocenters. The molecule has 0 radical (unpaired) electrons. The van der Waals surface area contributed by atoms with Gasteiger partial charge in [-0.1, -0.05) is 132 Å². The van der Waals surface area contributed by atoms with Crippen LogP contribution in [-0.4, -0.2) is 145 Å². The Morgan fingerprint density at radius 3 is 1.92 bits per heavy atom. The predicted molar refractivity (Wildman–Crippen MR) is 266 cm³/mol. The first-order valence-electron chi connectivity index (χ1n) is 23.1. The number of alkyl carbamates (subject to hydrolysis) is 1. The molecule has 1 aliphatic heterocycles. The molecule has 3 aliphatic carbocycles. The minimum Gasteiger partial charge on any atom is -0.456 e. The summed E-state index contributed by atoms with van der Waals surface area (Å²) in [5.41, 5.74) is -10.8. The lowest BCUT2D eigenvalue weighted by Gasteiger charge is -2.67. The highest BCUT2D eigenvalue weighted by molar-refractivity contribution is 6.68. The first kappa shape index (κ1) is 59.9. The number of rotatable bonds is 14. The van der Waals surface area contributed by atoms with Crippen LogP contribution in [0.4, 0.5) is 14.4 Å². The number of benzene rings is 2. The van der Waals surface area contributed by atoms with E-state index >= 15 is 4.79 Å². The second-order valence-corrected chi connectivity index (χ2v) is 24.9. The van der Waals surface area contributed by atoms with Gasteiger partial charge < -0.3 is 63.3 Å². The fraction of sp³-hybridized carbons (Fsp3) is 0.571. The van der Waals surface area contributed by atoms with Crippen molar-refractivity contribution in [1.29, 1.82) is 0 Å². The van der Waals surface area contributed by atoms with Crippen LogP contribution in [-0.2, 0) is 57.0 Å². The molecule has 1 unspecified atom stereocenters. The monoisotopic (exact) mass is 1170 g/mol. The summed E-state index contributed by atoms with van der Waals surface area (Å²) in [6, 6.07) is 13.5. The standard InChI is InChI=1S/C49H55Cl6NO19/c1-24-28(70-39(62)33(59)32(26-14-10-8-11-15-26)56-40(63)75-43(3,4)20-57)19-47(66)37(73-38(61)27-16-12-9-13-17-27)35-45(7,36(60)34(31(24)44(47,5)6)72-42(65)69-23-49(53,54)55)29(71-41(64)68-22-48(50,51)52)18-30-46(35,21-67-30)74-25(2)58/h8-17,28-30,32-35,37,57,59,66H,18-23H2,1-7H3,(H,56,63)/t28-,29+,30-,32+,33+,34-,35+,37-,45-,46?,47-/m1/s1. The van der Waals surface area contributed by atoms with E-state index in [1.807, 2.05) is 0 Å². The third-order valence-electron chi connectivity index (χ3n) is 14.0. The summed E-state index contributed by atoms with van der Waals surface area (Å²) in [6.07, 6.45) is -16.9. The fourth-order valence-corrected chi connectivity index (χ4v) is 10.7. The summed E-state index contributed by atoms with van der Waals surface area (Å²) < 4.78 is 47.7. The Balaban J connectivity index is 1.60. The summed E-state index contributed by atoms with van der Waals surface area (Å²) in [7, 11) is 0. The number of aliphatic hydroxyl groups excluding tert-OH is 2. The first-order chi connectivity index (χ1) is 34.7. The summed E-state index contributed by atoms with van der Waals surface area (Å²) >= 11 is 35.4. The molecule has 6 rings (SSSR count). The third kappa shape index (κ3) is 12.7. The average molecular weight is 1170 g/mol. The Morgan fingerprint density at radius 2 is 1.40 bits per heavy atom. The van der Waals surface area contributed by atoms with Gasteiger partial charge in [-0.15, -0.1) is 0 Å². The van der Waals surface area contributed by atoms with Gasteiger partial charge in [-0.05, 0) is 56.5 Å². The molecule has 26 heteroatoms. The van der Waals surface area contributed by atoms with Crippen molar-refractivity contribution >= 4 is 112 Å². The van der Waals surface area contributed by atoms with Gasteiger partial charge in [0, 0.05) is 25.2 Å². The van der Waals surface area contributed by atoms with Crippen LogP contribution in [0.25, 0.3) is 0 Å². The zero-order valence-corrected chi connectivity index (χ0v) is 45.8. The lowest BCUT2D eigenvalue weighted by Crippen LogP contribution is -2.82. The van der Waals surface area contributed by atoms with E-state index in [1.54, 1.807) is 24.3 Å². The van der Waals surface area contributed by atoms with E-state index in [2.05, 4.69) is 5.32 Å². The number of hydrogen-bond donors (Lipinski definition) is 4. The van der Waals surface area contributed by atoms with Crippen LogP contribution in [0.1, 0.15) is 83.3 Å². The van der Waals surface area contributed by atoms with Crippen molar-refractivity contribution < 1.29 is 91.5 Å². The molecule has 75 heavy (non-hydrogen) atoms. The number of hydrogen-bond acceptors (Lipinski definition) is 19. The smallest absolute Gasteiger partial charge is 0.456 e. The van der Waals surface area contributed by atoms with Crippen LogP contribution < -0.4 is 5.32 Å². The van der Waals surface area contributed by atoms with Gasteiger partial charge >= 0.3 is 36.3 Å². The van der Waals surface area contributed by atoms with Gasteiger partial charge in [-0.25, -0.2) is 24.0 Å². The first-order valence-corrected chi connectivity index (χ1v) is 25.4. The van der Waals surface area contributed by atoms with Gasteiger partial charge in [0.05, 0.1) is 36.2 Å². The molecule has 2 aromatic rings. The van der Waals surface area contributed by atoms with Crippen molar-refractivity contribution in [3.8, 4) is 0 Å². The Labute approximate surface area is 460 Å². The molecule has 0 spiro atoms. The number of halogens is 6. The number of ether oxygens (including phenoxy) is 9. The van der Waals surface area contributed by atoms with Crippen molar-refractivity contribution in [3.63, 3.8) is 0 Å². The molecule has 20 nitrogen and oxygen atoms in total. The maximum atomic E-state index is 16.3. The molecule has 4 aliphatic rings. The zero-order valence-electron chi connectivity index (χ0n) is 41.3. The zero-order chi connectivity index (χ0) is 55.9. The molecule has 1 saturated heterocycles. The molecule has 0 aromatic heterocycles. The third-order valence-corrected chi connectivity index (χ3v) is 14.7. The lowest BCUT2D eigenvalue weighted by molar-refractivity contribution is -0.346. The Hall–Kier alpha value is -4.35. The number of fused-ring (bicyclic) bond motifs is 5. The fourth-order valence-electron chi connectivity index (χ4n) is 10.4. The normalized spacial score (nSPS) is 28.9. The van der Waals surface area contributed by atoms with E-state index < -0.39 is 165 Å². The van der Waals surface area contributed by atoms with Crippen LogP contribution in [0.2, 0.25) is 0 Å².